The van der Waals surface area contributed by atoms with E-state index >= 15 is 0 Å². The summed E-state index contributed by atoms with van der Waals surface area (Å²) in [4.78, 5) is 4.47. The van der Waals surface area contributed by atoms with Crippen LogP contribution in [-0.4, -0.2) is 16.3 Å². The van der Waals surface area contributed by atoms with Crippen molar-refractivity contribution < 1.29 is 5.11 Å². The fourth-order valence-electron chi connectivity index (χ4n) is 2.00. The number of benzene rings is 2. The number of aromatic nitrogens is 1. The number of nitrogens with zero attached hydrogens (tertiary/aromatic N) is 2. The lowest BCUT2D eigenvalue weighted by atomic mass is 10.2. The van der Waals surface area contributed by atoms with E-state index in [9.17, 15) is 5.11 Å². The van der Waals surface area contributed by atoms with Gasteiger partial charge in [-0.3, -0.25) is 5.43 Å². The average molecular weight is 356 g/mol. The summed E-state index contributed by atoms with van der Waals surface area (Å²) in [6, 6.07) is 14.5. The van der Waals surface area contributed by atoms with Crippen LogP contribution in [0.3, 0.4) is 0 Å². The Labute approximate surface area is 148 Å². The molecule has 0 amide bonds. The maximum atomic E-state index is 9.38. The Balaban J connectivity index is 1.58. The molecular weight excluding hydrogens is 342 g/mol. The van der Waals surface area contributed by atoms with Gasteiger partial charge in [-0.15, -0.1) is 11.3 Å². The molecule has 120 valence electrons. The maximum absolute atomic E-state index is 9.38. The molecule has 2 aromatic carbocycles. The lowest BCUT2D eigenvalue weighted by molar-refractivity contribution is 0.475. The lowest BCUT2D eigenvalue weighted by Gasteiger charge is -1.96. The van der Waals surface area contributed by atoms with Gasteiger partial charge in [0.1, 0.15) is 5.75 Å². The first-order chi connectivity index (χ1) is 11.7. The Morgan fingerprint density at radius 3 is 2.79 bits per heavy atom. The highest BCUT2D eigenvalue weighted by Crippen LogP contribution is 2.25. The van der Waals surface area contributed by atoms with Gasteiger partial charge in [0.05, 0.1) is 5.69 Å². The van der Waals surface area contributed by atoms with Gasteiger partial charge in [-0.25, -0.2) is 4.98 Å². The summed E-state index contributed by atoms with van der Waals surface area (Å²) in [7, 11) is 0. The largest absolute Gasteiger partial charge is 0.508 e. The van der Waals surface area contributed by atoms with Crippen LogP contribution in [0.4, 0.5) is 5.13 Å². The van der Waals surface area contributed by atoms with Gasteiger partial charge in [0.2, 0.25) is 5.13 Å². The Bertz CT molecular complexity index is 872. The maximum Gasteiger partial charge on any atom is 0.203 e. The number of phenolic OH excluding ortho intramolecular Hbond substituents is 1. The number of aromatic hydroxyl groups is 1. The number of nitrogens with one attached hydrogen (secondary N) is 1. The predicted molar refractivity (Wildman–Crippen MR) is 102 cm³/mol. The number of halogens is 1. The normalized spacial score (nSPS) is 11.4. The van der Waals surface area contributed by atoms with Gasteiger partial charge in [-0.1, -0.05) is 41.9 Å². The van der Waals surface area contributed by atoms with Crippen LogP contribution in [0.1, 0.15) is 5.56 Å². The number of hydrogen-bond acceptors (Lipinski definition) is 5. The van der Waals surface area contributed by atoms with E-state index in [1.165, 1.54) is 11.3 Å². The summed E-state index contributed by atoms with van der Waals surface area (Å²) in [5.74, 6) is 0.240. The fraction of sp³-hybridized carbons (Fsp3) is 0. The minimum absolute atomic E-state index is 0.240. The van der Waals surface area contributed by atoms with Gasteiger partial charge in [0.15, 0.2) is 0 Å². The number of hydrazone groups is 1. The SMILES string of the molecule is Oc1cccc(/C=C/C=N/Nc2nc(-c3ccc(Cl)cc3)cs2)c1. The molecule has 0 aliphatic heterocycles. The molecule has 1 heterocycles. The highest BCUT2D eigenvalue weighted by atomic mass is 35.5. The average Bonchev–Trinajstić information content (AvgIpc) is 3.04. The minimum atomic E-state index is 0.240. The van der Waals surface area contributed by atoms with Crippen LogP contribution in [0.25, 0.3) is 17.3 Å². The third kappa shape index (κ3) is 4.44. The molecule has 0 fully saturated rings. The van der Waals surface area contributed by atoms with Crippen LogP contribution < -0.4 is 5.43 Å². The monoisotopic (exact) mass is 355 g/mol. The zero-order chi connectivity index (χ0) is 16.8. The predicted octanol–water partition coefficient (Wildman–Crippen LogP) is 5.28. The molecule has 0 spiro atoms. The van der Waals surface area contributed by atoms with E-state index in [0.29, 0.717) is 10.2 Å². The second kappa shape index (κ2) is 7.77. The molecule has 4 nitrogen and oxygen atoms in total. The van der Waals surface area contributed by atoms with Crippen LogP contribution in [0, 0.1) is 0 Å². The zero-order valence-electron chi connectivity index (χ0n) is 12.6. The van der Waals surface area contributed by atoms with Gasteiger partial charge in [-0.05, 0) is 35.9 Å². The van der Waals surface area contributed by atoms with Crippen molar-refractivity contribution in [1.82, 2.24) is 4.98 Å². The van der Waals surface area contributed by atoms with Crippen LogP contribution >= 0.6 is 22.9 Å². The van der Waals surface area contributed by atoms with Crippen molar-refractivity contribution in [3.63, 3.8) is 0 Å². The molecule has 3 rings (SSSR count). The van der Waals surface area contributed by atoms with Gasteiger partial charge < -0.3 is 5.11 Å². The number of hydrogen-bond donors (Lipinski definition) is 2. The van der Waals surface area contributed by atoms with Gasteiger partial charge in [0.25, 0.3) is 0 Å². The molecule has 0 saturated carbocycles. The summed E-state index contributed by atoms with van der Waals surface area (Å²) in [5, 5.41) is 16.9. The topological polar surface area (TPSA) is 57.5 Å². The van der Waals surface area contributed by atoms with E-state index in [-0.39, 0.29) is 5.75 Å². The Morgan fingerprint density at radius 2 is 2.00 bits per heavy atom. The quantitative estimate of drug-likeness (QED) is 0.483. The minimum Gasteiger partial charge on any atom is -0.508 e. The zero-order valence-corrected chi connectivity index (χ0v) is 14.1. The second-order valence-electron chi connectivity index (χ2n) is 4.89. The van der Waals surface area contributed by atoms with Crippen LogP contribution in [0.5, 0.6) is 5.75 Å². The molecule has 0 radical (unpaired) electrons. The van der Waals surface area contributed by atoms with Crippen molar-refractivity contribution in [3.8, 4) is 17.0 Å². The van der Waals surface area contributed by atoms with Gasteiger partial charge in [-0.2, -0.15) is 5.10 Å². The van der Waals surface area contributed by atoms with E-state index in [2.05, 4.69) is 15.5 Å². The highest BCUT2D eigenvalue weighted by Gasteiger charge is 2.03. The fourth-order valence-corrected chi connectivity index (χ4v) is 2.79. The van der Waals surface area contributed by atoms with Crippen LogP contribution in [0.15, 0.2) is 65.1 Å². The van der Waals surface area contributed by atoms with Crippen molar-refractivity contribution in [2.45, 2.75) is 0 Å². The third-order valence-electron chi connectivity index (χ3n) is 3.12. The molecule has 0 bridgehead atoms. The van der Waals surface area contributed by atoms with Crippen molar-refractivity contribution >= 4 is 40.4 Å². The first-order valence-corrected chi connectivity index (χ1v) is 8.43. The second-order valence-corrected chi connectivity index (χ2v) is 6.18. The first kappa shape index (κ1) is 16.2. The number of rotatable bonds is 5. The first-order valence-electron chi connectivity index (χ1n) is 7.17. The summed E-state index contributed by atoms with van der Waals surface area (Å²) in [6.45, 7) is 0. The summed E-state index contributed by atoms with van der Waals surface area (Å²) < 4.78 is 0. The number of allylic oxidation sites excluding steroid dienone is 1. The number of anilines is 1. The van der Waals surface area contributed by atoms with E-state index in [0.717, 1.165) is 16.8 Å². The van der Waals surface area contributed by atoms with Gasteiger partial charge in [0, 0.05) is 22.2 Å². The Hall–Kier alpha value is -2.63. The summed E-state index contributed by atoms with van der Waals surface area (Å²) in [5.41, 5.74) is 5.69. The number of phenols is 1. The molecule has 24 heavy (non-hydrogen) atoms. The van der Waals surface area contributed by atoms with E-state index < -0.39 is 0 Å². The van der Waals surface area contributed by atoms with Crippen molar-refractivity contribution in [3.05, 3.63) is 70.6 Å². The van der Waals surface area contributed by atoms with E-state index in [1.807, 2.05) is 41.8 Å². The van der Waals surface area contributed by atoms with Crippen LogP contribution in [-0.2, 0) is 0 Å². The van der Waals surface area contributed by atoms with Crippen molar-refractivity contribution in [2.75, 3.05) is 5.43 Å². The molecule has 6 heteroatoms. The molecule has 2 N–H and O–H groups in total. The smallest absolute Gasteiger partial charge is 0.203 e. The molecule has 0 aliphatic carbocycles. The molecule has 1 aromatic heterocycles. The summed E-state index contributed by atoms with van der Waals surface area (Å²) >= 11 is 7.36. The van der Waals surface area contributed by atoms with E-state index in [4.69, 9.17) is 11.6 Å². The highest BCUT2D eigenvalue weighted by molar-refractivity contribution is 7.14. The van der Waals surface area contributed by atoms with Gasteiger partial charge >= 0.3 is 0 Å². The van der Waals surface area contributed by atoms with E-state index in [1.54, 1.807) is 30.5 Å². The standard InChI is InChI=1S/C18H14ClN3OS/c19-15-8-6-14(7-9-15)17-12-24-18(21-17)22-20-10-2-4-13-3-1-5-16(23)11-13/h1-12,23H,(H,21,22)/b4-2+,20-10+. The Morgan fingerprint density at radius 1 is 1.17 bits per heavy atom. The molecule has 0 unspecified atom stereocenters. The molecule has 0 atom stereocenters. The third-order valence-corrected chi connectivity index (χ3v) is 4.12. The summed E-state index contributed by atoms with van der Waals surface area (Å²) in [6.07, 6.45) is 5.27. The van der Waals surface area contributed by atoms with Crippen molar-refractivity contribution in [1.29, 1.82) is 0 Å². The Kier molecular flexibility index (Phi) is 5.25. The molecule has 0 saturated heterocycles. The lowest BCUT2D eigenvalue weighted by Crippen LogP contribution is -1.87. The molecule has 3 aromatic rings. The molecule has 0 aliphatic rings. The van der Waals surface area contributed by atoms with Crippen LogP contribution in [0.2, 0.25) is 5.02 Å². The van der Waals surface area contributed by atoms with Crippen molar-refractivity contribution in [2.24, 2.45) is 5.10 Å². The number of thiazole rings is 1. The molecular formula is C18H14ClN3OS.